The number of nitrogens with one attached hydrogen (secondary N) is 1. The monoisotopic (exact) mass is 471 g/mol. The molecule has 1 N–H and O–H groups in total. The second-order valence-electron chi connectivity index (χ2n) is 7.69. The summed E-state index contributed by atoms with van der Waals surface area (Å²) in [6, 6.07) is 9.60. The summed E-state index contributed by atoms with van der Waals surface area (Å²) in [5.41, 5.74) is 3.23. The van der Waals surface area contributed by atoms with Crippen molar-refractivity contribution in [3.63, 3.8) is 0 Å². The quantitative estimate of drug-likeness (QED) is 0.303. The fourth-order valence-electron chi connectivity index (χ4n) is 3.34. The van der Waals surface area contributed by atoms with Gasteiger partial charge in [-0.2, -0.15) is 0 Å². The minimum absolute atomic E-state index is 0.296. The SMILES string of the molecule is Cc1cc(-n2c(C)cc(/C=C/C(=O)OC(C)C(=O)c3ccc(NS(C)(=O)=O)cc3)c2C)no1. The highest BCUT2D eigenvalue weighted by Gasteiger charge is 2.19. The maximum Gasteiger partial charge on any atom is 0.331 e. The number of hydrogen-bond donors (Lipinski definition) is 1. The average molecular weight is 472 g/mol. The summed E-state index contributed by atoms with van der Waals surface area (Å²) in [5, 5.41) is 4.03. The summed E-state index contributed by atoms with van der Waals surface area (Å²) < 4.78 is 37.2. The molecule has 0 aliphatic heterocycles. The van der Waals surface area contributed by atoms with Crippen molar-refractivity contribution in [2.24, 2.45) is 0 Å². The molecule has 0 amide bonds. The molecule has 0 fully saturated rings. The van der Waals surface area contributed by atoms with E-state index >= 15 is 0 Å². The first-order valence-corrected chi connectivity index (χ1v) is 12.0. The molecule has 0 bridgehead atoms. The first-order valence-electron chi connectivity index (χ1n) is 10.1. The van der Waals surface area contributed by atoms with Crippen LogP contribution in [0.4, 0.5) is 5.69 Å². The Labute approximate surface area is 192 Å². The Morgan fingerprint density at radius 1 is 1.15 bits per heavy atom. The van der Waals surface area contributed by atoms with Gasteiger partial charge in [0.2, 0.25) is 15.8 Å². The van der Waals surface area contributed by atoms with E-state index in [0.717, 1.165) is 23.2 Å². The molecule has 0 aliphatic rings. The van der Waals surface area contributed by atoms with Crippen LogP contribution in [-0.2, 0) is 19.6 Å². The van der Waals surface area contributed by atoms with Crippen molar-refractivity contribution in [1.82, 2.24) is 9.72 Å². The van der Waals surface area contributed by atoms with Crippen LogP contribution in [0.1, 0.15) is 40.0 Å². The van der Waals surface area contributed by atoms with Gasteiger partial charge in [0.25, 0.3) is 0 Å². The Balaban J connectivity index is 1.65. The standard InChI is InChI=1S/C23H25N3O6S/c1-14-12-19(16(3)26(14)21-13-15(2)32-24-21)8-11-22(27)31-17(4)23(28)18-6-9-20(10-7-18)25-33(5,29)30/h6-13,17,25H,1-5H3/b11-8+. The van der Waals surface area contributed by atoms with Crippen LogP contribution in [0.2, 0.25) is 0 Å². The van der Waals surface area contributed by atoms with E-state index in [4.69, 9.17) is 9.26 Å². The van der Waals surface area contributed by atoms with E-state index in [0.29, 0.717) is 22.8 Å². The summed E-state index contributed by atoms with van der Waals surface area (Å²) in [6.45, 7) is 7.11. The Morgan fingerprint density at radius 2 is 1.82 bits per heavy atom. The van der Waals surface area contributed by atoms with Crippen molar-refractivity contribution in [3.8, 4) is 5.82 Å². The van der Waals surface area contributed by atoms with Gasteiger partial charge in [0.1, 0.15) is 5.76 Å². The highest BCUT2D eigenvalue weighted by atomic mass is 32.2. The molecule has 10 heteroatoms. The van der Waals surface area contributed by atoms with Crippen molar-refractivity contribution >= 4 is 33.5 Å². The average Bonchev–Trinajstić information content (AvgIpc) is 3.27. The Hall–Kier alpha value is -3.66. The highest BCUT2D eigenvalue weighted by Crippen LogP contribution is 2.22. The number of ketones is 1. The number of anilines is 1. The topological polar surface area (TPSA) is 120 Å². The first-order chi connectivity index (χ1) is 15.4. The molecule has 9 nitrogen and oxygen atoms in total. The molecule has 0 radical (unpaired) electrons. The predicted molar refractivity (Wildman–Crippen MR) is 124 cm³/mol. The number of benzene rings is 1. The lowest BCUT2D eigenvalue weighted by atomic mass is 10.1. The van der Waals surface area contributed by atoms with Gasteiger partial charge in [-0.1, -0.05) is 5.16 Å². The second kappa shape index (κ2) is 9.45. The molecule has 3 aromatic rings. The number of ether oxygens (including phenoxy) is 1. The smallest absolute Gasteiger partial charge is 0.331 e. The lowest BCUT2D eigenvalue weighted by Crippen LogP contribution is -2.23. The van der Waals surface area contributed by atoms with E-state index in [1.807, 2.05) is 37.5 Å². The van der Waals surface area contributed by atoms with E-state index in [-0.39, 0.29) is 0 Å². The predicted octanol–water partition coefficient (Wildman–Crippen LogP) is 3.59. The molecule has 174 valence electrons. The fourth-order valence-corrected chi connectivity index (χ4v) is 3.91. The zero-order valence-corrected chi connectivity index (χ0v) is 19.8. The zero-order chi connectivity index (χ0) is 24.3. The van der Waals surface area contributed by atoms with Gasteiger partial charge >= 0.3 is 5.97 Å². The maximum atomic E-state index is 12.6. The van der Waals surface area contributed by atoms with Crippen LogP contribution in [0.3, 0.4) is 0 Å². The fraction of sp³-hybridized carbons (Fsp3) is 0.261. The summed E-state index contributed by atoms with van der Waals surface area (Å²) >= 11 is 0. The minimum Gasteiger partial charge on any atom is -0.451 e. The van der Waals surface area contributed by atoms with Crippen LogP contribution >= 0.6 is 0 Å². The van der Waals surface area contributed by atoms with Crippen molar-refractivity contribution in [1.29, 1.82) is 0 Å². The van der Waals surface area contributed by atoms with E-state index in [1.165, 1.54) is 37.3 Å². The van der Waals surface area contributed by atoms with Crippen molar-refractivity contribution < 1.29 is 27.3 Å². The highest BCUT2D eigenvalue weighted by molar-refractivity contribution is 7.92. The van der Waals surface area contributed by atoms with Crippen LogP contribution in [-0.4, -0.2) is 42.3 Å². The zero-order valence-electron chi connectivity index (χ0n) is 18.9. The van der Waals surface area contributed by atoms with Crippen LogP contribution in [0.15, 0.2) is 47.0 Å². The molecule has 33 heavy (non-hydrogen) atoms. The number of hydrogen-bond acceptors (Lipinski definition) is 7. The summed E-state index contributed by atoms with van der Waals surface area (Å²) in [5.74, 6) is 0.287. The summed E-state index contributed by atoms with van der Waals surface area (Å²) in [7, 11) is -3.41. The summed E-state index contributed by atoms with van der Waals surface area (Å²) in [6.07, 6.45) is 2.91. The van der Waals surface area contributed by atoms with Gasteiger partial charge in [-0.3, -0.25) is 14.1 Å². The third-order valence-corrected chi connectivity index (χ3v) is 5.46. The number of carbonyl (C=O) groups excluding carboxylic acids is 2. The summed E-state index contributed by atoms with van der Waals surface area (Å²) in [4.78, 5) is 24.8. The van der Waals surface area contributed by atoms with Crippen molar-refractivity contribution in [2.75, 3.05) is 11.0 Å². The van der Waals surface area contributed by atoms with E-state index in [1.54, 1.807) is 6.08 Å². The molecule has 1 aromatic carbocycles. The van der Waals surface area contributed by atoms with E-state index in [2.05, 4.69) is 9.88 Å². The third kappa shape index (κ3) is 5.98. The number of Topliss-reactive ketones (excluding diaryl/α,β-unsaturated/α-hetero) is 1. The molecule has 1 atom stereocenters. The molecule has 1 unspecified atom stereocenters. The lowest BCUT2D eigenvalue weighted by molar-refractivity contribution is -0.140. The molecule has 2 heterocycles. The van der Waals surface area contributed by atoms with Gasteiger partial charge < -0.3 is 9.26 Å². The molecular weight excluding hydrogens is 446 g/mol. The molecule has 0 spiro atoms. The normalized spacial score (nSPS) is 12.6. The largest absolute Gasteiger partial charge is 0.451 e. The number of sulfonamides is 1. The number of carbonyl (C=O) groups is 2. The van der Waals surface area contributed by atoms with Gasteiger partial charge in [-0.25, -0.2) is 13.2 Å². The Bertz CT molecular complexity index is 1320. The third-order valence-electron chi connectivity index (χ3n) is 4.85. The number of aryl methyl sites for hydroxylation is 2. The number of aromatic nitrogens is 2. The van der Waals surface area contributed by atoms with Crippen LogP contribution in [0, 0.1) is 20.8 Å². The van der Waals surface area contributed by atoms with Crippen LogP contribution in [0.25, 0.3) is 11.9 Å². The van der Waals surface area contributed by atoms with Gasteiger partial charge in [-0.05, 0) is 69.7 Å². The Kier molecular flexibility index (Phi) is 6.87. The molecular formula is C23H25N3O6S. The van der Waals surface area contributed by atoms with E-state index in [9.17, 15) is 18.0 Å². The van der Waals surface area contributed by atoms with Crippen molar-refractivity contribution in [2.45, 2.75) is 33.8 Å². The minimum atomic E-state index is -3.41. The lowest BCUT2D eigenvalue weighted by Gasteiger charge is -2.11. The number of nitrogens with zero attached hydrogens (tertiary/aromatic N) is 2. The van der Waals surface area contributed by atoms with Crippen molar-refractivity contribution in [3.05, 3.63) is 70.7 Å². The first kappa shape index (κ1) is 24.0. The molecule has 0 saturated heterocycles. The van der Waals surface area contributed by atoms with E-state index < -0.39 is 27.9 Å². The molecule has 0 aliphatic carbocycles. The molecule has 0 saturated carbocycles. The van der Waals surface area contributed by atoms with Crippen LogP contribution < -0.4 is 4.72 Å². The molecule has 3 rings (SSSR count). The second-order valence-corrected chi connectivity index (χ2v) is 9.43. The van der Waals surface area contributed by atoms with Gasteiger partial charge in [0, 0.05) is 34.8 Å². The molecule has 2 aromatic heterocycles. The van der Waals surface area contributed by atoms with Gasteiger partial charge in [0.05, 0.1) is 6.26 Å². The number of rotatable bonds is 8. The maximum absolute atomic E-state index is 12.6. The Morgan fingerprint density at radius 3 is 2.39 bits per heavy atom. The van der Waals surface area contributed by atoms with Gasteiger partial charge in [-0.15, -0.1) is 0 Å². The van der Waals surface area contributed by atoms with Gasteiger partial charge in [0.15, 0.2) is 11.9 Å². The number of esters is 1. The van der Waals surface area contributed by atoms with Crippen LogP contribution in [0.5, 0.6) is 0 Å².